The summed E-state index contributed by atoms with van der Waals surface area (Å²) >= 11 is 1.46. The molecule has 0 aromatic heterocycles. The molecule has 1 heteroatoms. The van der Waals surface area contributed by atoms with Crippen molar-refractivity contribution in [2.45, 2.75) is 99.8 Å². The van der Waals surface area contributed by atoms with Crippen molar-refractivity contribution in [3.63, 3.8) is 0 Å². The first-order valence-corrected chi connectivity index (χ1v) is 16.6. The molecule has 0 aliphatic heterocycles. The molecule has 0 nitrogen and oxygen atoms in total. The van der Waals surface area contributed by atoms with E-state index in [9.17, 15) is 0 Å². The molecule has 0 radical (unpaired) electrons. The molecule has 5 rings (SSSR count). The normalized spacial score (nSPS) is 15.9. The third-order valence-electron chi connectivity index (χ3n) is 7.80. The summed E-state index contributed by atoms with van der Waals surface area (Å²) in [6, 6.07) is 25.4. The number of rotatable bonds is 2. The van der Waals surface area contributed by atoms with Gasteiger partial charge >= 0.3 is 63.8 Å². The van der Waals surface area contributed by atoms with Crippen LogP contribution >= 0.6 is 0 Å². The molecule has 0 fully saturated rings. The van der Waals surface area contributed by atoms with E-state index in [1.165, 1.54) is 74.3 Å². The quantitative estimate of drug-likeness (QED) is 0.195. The van der Waals surface area contributed by atoms with E-state index in [0.29, 0.717) is 11.3 Å². The molecule has 0 saturated carbocycles. The van der Waals surface area contributed by atoms with E-state index in [0.717, 1.165) is 12.8 Å². The van der Waals surface area contributed by atoms with Crippen molar-refractivity contribution in [3.05, 3.63) is 118 Å². The van der Waals surface area contributed by atoms with E-state index in [2.05, 4.69) is 153 Å². The van der Waals surface area contributed by atoms with Crippen LogP contribution in [0.4, 0.5) is 0 Å². The topological polar surface area (TPSA) is 0 Å². The van der Waals surface area contributed by atoms with Gasteiger partial charge in [0.15, 0.2) is 0 Å². The van der Waals surface area contributed by atoms with Crippen LogP contribution in [-0.4, -0.2) is 3.71 Å². The van der Waals surface area contributed by atoms with E-state index < -0.39 is 0 Å². The third kappa shape index (κ3) is 8.94. The van der Waals surface area contributed by atoms with Gasteiger partial charge in [0.25, 0.3) is 0 Å². The Kier molecular flexibility index (Phi) is 11.0. The Labute approximate surface area is 266 Å². The van der Waals surface area contributed by atoms with Gasteiger partial charge in [-0.05, 0) is 17.4 Å². The van der Waals surface area contributed by atoms with Gasteiger partial charge in [-0.15, -0.1) is 5.56 Å². The number of allylic oxidation sites excluding steroid dienone is 4. The second kappa shape index (κ2) is 13.5. The first kappa shape index (κ1) is 33.4. The van der Waals surface area contributed by atoms with Gasteiger partial charge in [0.05, 0.1) is 0 Å². The Hall–Kier alpha value is -2.11. The average Bonchev–Trinajstić information content (AvgIpc) is 3.48. The van der Waals surface area contributed by atoms with Crippen LogP contribution in [0.2, 0.25) is 0 Å². The Morgan fingerprint density at radius 1 is 0.805 bits per heavy atom. The molecule has 3 aromatic rings. The van der Waals surface area contributed by atoms with Crippen LogP contribution in [0.5, 0.6) is 0 Å². The van der Waals surface area contributed by atoms with Gasteiger partial charge in [-0.25, -0.2) is 5.57 Å². The van der Waals surface area contributed by atoms with Crippen molar-refractivity contribution in [2.24, 2.45) is 11.3 Å². The SMILES string of the molecule is CC(C)(C)c1c[c-]c2c(c1)-c1cc(C(C)(C)C)ccc1C2.CCC1=[C-]C(C)C=C1C(C)(C)C.[Zr+2]=[CH]c1ccccc1. The molecule has 1 atom stereocenters. The molecule has 2 aliphatic carbocycles. The Morgan fingerprint density at radius 2 is 1.41 bits per heavy atom. The summed E-state index contributed by atoms with van der Waals surface area (Å²) in [6.45, 7) is 24.9. The third-order valence-corrected chi connectivity index (χ3v) is 8.62. The van der Waals surface area contributed by atoms with Crippen molar-refractivity contribution < 1.29 is 24.2 Å². The van der Waals surface area contributed by atoms with E-state index in [1.807, 2.05) is 6.07 Å². The predicted octanol–water partition coefficient (Wildman–Crippen LogP) is 10.8. The van der Waals surface area contributed by atoms with Crippen LogP contribution in [0.25, 0.3) is 11.1 Å². The van der Waals surface area contributed by atoms with Crippen molar-refractivity contribution >= 4 is 3.71 Å². The Balaban J connectivity index is 0.000000194. The Bertz CT molecular complexity index is 1330. The van der Waals surface area contributed by atoms with E-state index in [-0.39, 0.29) is 10.8 Å². The van der Waals surface area contributed by atoms with Crippen molar-refractivity contribution in [1.82, 2.24) is 0 Å². The van der Waals surface area contributed by atoms with Crippen LogP contribution in [0.1, 0.15) is 110 Å². The fourth-order valence-corrected chi connectivity index (χ4v) is 5.75. The molecule has 41 heavy (non-hydrogen) atoms. The van der Waals surface area contributed by atoms with E-state index in [1.54, 1.807) is 0 Å². The molecular weight excluding hydrogens is 572 g/mol. The van der Waals surface area contributed by atoms with Crippen LogP contribution in [-0.2, 0) is 41.5 Å². The summed E-state index contributed by atoms with van der Waals surface area (Å²) in [6.07, 6.45) is 7.98. The second-order valence-corrected chi connectivity index (χ2v) is 15.2. The number of fused-ring (bicyclic) bond motifs is 3. The van der Waals surface area contributed by atoms with Gasteiger partial charge < -0.3 is 0 Å². The molecular formula is C40H50Zr. The average molecular weight is 622 g/mol. The van der Waals surface area contributed by atoms with Gasteiger partial charge in [0, 0.05) is 0 Å². The maximum atomic E-state index is 3.53. The van der Waals surface area contributed by atoms with Crippen LogP contribution in [0, 0.1) is 23.5 Å². The van der Waals surface area contributed by atoms with Crippen molar-refractivity contribution in [3.8, 4) is 11.1 Å². The molecule has 2 aliphatic rings. The van der Waals surface area contributed by atoms with Crippen LogP contribution in [0.15, 0.2) is 77.9 Å². The molecule has 0 heterocycles. The van der Waals surface area contributed by atoms with E-state index in [4.69, 9.17) is 0 Å². The van der Waals surface area contributed by atoms with Crippen molar-refractivity contribution in [1.29, 1.82) is 0 Å². The first-order chi connectivity index (χ1) is 19.0. The van der Waals surface area contributed by atoms with Crippen LogP contribution < -0.4 is 0 Å². The molecule has 0 bridgehead atoms. The summed E-state index contributed by atoms with van der Waals surface area (Å²) < 4.78 is 2.17. The van der Waals surface area contributed by atoms with Gasteiger partial charge in [-0.1, -0.05) is 129 Å². The summed E-state index contributed by atoms with van der Waals surface area (Å²) in [7, 11) is 0. The molecule has 3 aromatic carbocycles. The predicted molar refractivity (Wildman–Crippen MR) is 176 cm³/mol. The monoisotopic (exact) mass is 620 g/mol. The summed E-state index contributed by atoms with van der Waals surface area (Å²) in [5.74, 6) is 0.522. The summed E-state index contributed by atoms with van der Waals surface area (Å²) in [5.41, 5.74) is 13.3. The second-order valence-electron chi connectivity index (χ2n) is 14.5. The molecule has 0 N–H and O–H groups in total. The first-order valence-electron chi connectivity index (χ1n) is 15.1. The minimum absolute atomic E-state index is 0.177. The summed E-state index contributed by atoms with van der Waals surface area (Å²) in [5, 5.41) is 0. The number of benzene rings is 3. The maximum absolute atomic E-state index is 3.53. The van der Waals surface area contributed by atoms with Gasteiger partial charge in [0.2, 0.25) is 0 Å². The molecule has 1 unspecified atom stereocenters. The Morgan fingerprint density at radius 3 is 1.90 bits per heavy atom. The van der Waals surface area contributed by atoms with Crippen molar-refractivity contribution in [2.75, 3.05) is 0 Å². The van der Waals surface area contributed by atoms with Crippen LogP contribution in [0.3, 0.4) is 0 Å². The zero-order valence-corrected chi connectivity index (χ0v) is 29.9. The zero-order chi connectivity index (χ0) is 30.6. The standard InChI is InChI=1S/C21H25.C12H19.C7H6.Zr/c1-20(2,3)16-9-7-14-11-15-8-10-17(21(4,5)6)13-19(15)18(14)12-16;1-6-10-7-9(2)8-11(10)12(3,4)5;1-7-5-3-2-4-6-7;/h7,9-10,12-13H,11H2,1-6H3;8-9H,6H2,1-5H3;1-6H;/q2*-1;;+2. The minimum atomic E-state index is 0.177. The fourth-order valence-electron chi connectivity index (χ4n) is 5.27. The van der Waals surface area contributed by atoms with Gasteiger partial charge in [0.1, 0.15) is 0 Å². The number of hydrogen-bond acceptors (Lipinski definition) is 0. The van der Waals surface area contributed by atoms with E-state index >= 15 is 0 Å². The van der Waals surface area contributed by atoms with Gasteiger partial charge in [-0.2, -0.15) is 41.0 Å². The molecule has 0 amide bonds. The molecule has 0 saturated heterocycles. The molecule has 214 valence electrons. The molecule has 0 spiro atoms. The zero-order valence-electron chi connectivity index (χ0n) is 27.4. The fraction of sp³-hybridized carbons (Fsp3) is 0.425. The summed E-state index contributed by atoms with van der Waals surface area (Å²) in [4.78, 5) is 0. The van der Waals surface area contributed by atoms with Gasteiger partial charge in [-0.3, -0.25) is 6.08 Å². The number of hydrogen-bond donors (Lipinski definition) is 0.